The van der Waals surface area contributed by atoms with Gasteiger partial charge in [-0.25, -0.2) is 9.59 Å². The number of carbonyl (C=O) groups excluding carboxylic acids is 2. The lowest BCUT2D eigenvalue weighted by atomic mass is 9.89. The van der Waals surface area contributed by atoms with Crippen LogP contribution in [0.1, 0.15) is 78.4 Å². The van der Waals surface area contributed by atoms with Crippen molar-refractivity contribution >= 4 is 17.9 Å². The van der Waals surface area contributed by atoms with Gasteiger partial charge in [-0.05, 0) is 90.8 Å². The van der Waals surface area contributed by atoms with Gasteiger partial charge in [-0.15, -0.1) is 0 Å². The number of nitrogens with one attached hydrogen (secondary N) is 2. The van der Waals surface area contributed by atoms with Gasteiger partial charge >= 0.3 is 12.2 Å². The number of amides is 2. The molecule has 0 radical (unpaired) electrons. The summed E-state index contributed by atoms with van der Waals surface area (Å²) in [5.41, 5.74) is 2.19. The van der Waals surface area contributed by atoms with Crippen molar-refractivity contribution in [1.29, 1.82) is 0 Å². The Kier molecular flexibility index (Phi) is 8.01. The molecule has 1 atom stereocenters. The van der Waals surface area contributed by atoms with Crippen molar-refractivity contribution in [3.63, 3.8) is 0 Å². The summed E-state index contributed by atoms with van der Waals surface area (Å²) in [5.74, 6) is 0. The van der Waals surface area contributed by atoms with E-state index in [4.69, 9.17) is 9.47 Å². The monoisotopic (exact) mass is 475 g/mol. The maximum absolute atomic E-state index is 12.7. The van der Waals surface area contributed by atoms with Crippen LogP contribution in [-0.2, 0) is 22.4 Å². The maximum Gasteiger partial charge on any atom is 0.410 e. The number of alkyl carbamates (subject to hydrolysis) is 1. The van der Waals surface area contributed by atoms with Crippen molar-refractivity contribution in [2.24, 2.45) is 0 Å². The Morgan fingerprint density at radius 2 is 1.62 bits per heavy atom. The van der Waals surface area contributed by atoms with E-state index in [-0.39, 0.29) is 24.8 Å². The average molecular weight is 476 g/mol. The van der Waals surface area contributed by atoms with Crippen LogP contribution in [0.2, 0.25) is 0 Å². The second-order valence-electron chi connectivity index (χ2n) is 11.4. The van der Waals surface area contributed by atoms with E-state index in [1.165, 1.54) is 0 Å². The number of hydrogen-bond donors (Lipinski definition) is 3. The van der Waals surface area contributed by atoms with Crippen molar-refractivity contribution < 1.29 is 24.2 Å². The Labute approximate surface area is 203 Å². The number of anilines is 1. The number of fused-ring (bicyclic) bond motifs is 1. The lowest BCUT2D eigenvalue weighted by Gasteiger charge is -2.38. The van der Waals surface area contributed by atoms with E-state index in [2.05, 4.69) is 16.7 Å². The fraction of sp³-hybridized carbons (Fsp3) is 0.692. The normalized spacial score (nSPS) is 23.0. The van der Waals surface area contributed by atoms with Crippen molar-refractivity contribution in [3.05, 3.63) is 29.3 Å². The summed E-state index contributed by atoms with van der Waals surface area (Å²) in [6, 6.07) is 6.22. The van der Waals surface area contributed by atoms with Crippen molar-refractivity contribution in [3.8, 4) is 0 Å². The largest absolute Gasteiger partial charge is 0.444 e. The highest BCUT2D eigenvalue weighted by Gasteiger charge is 2.34. The van der Waals surface area contributed by atoms with Crippen LogP contribution in [0.4, 0.5) is 15.3 Å². The number of ether oxygens (including phenoxy) is 2. The van der Waals surface area contributed by atoms with Crippen LogP contribution in [0.25, 0.3) is 0 Å². The van der Waals surface area contributed by atoms with Crippen molar-refractivity contribution in [2.45, 2.75) is 110 Å². The molecule has 1 heterocycles. The van der Waals surface area contributed by atoms with Gasteiger partial charge in [0.05, 0.1) is 12.6 Å². The minimum atomic E-state index is -0.585. The van der Waals surface area contributed by atoms with Gasteiger partial charge in [-0.1, -0.05) is 12.1 Å². The van der Waals surface area contributed by atoms with Crippen LogP contribution in [0, 0.1) is 0 Å². The molecule has 0 spiro atoms. The number of nitrogens with zero attached hydrogens (tertiary/aromatic N) is 1. The summed E-state index contributed by atoms with van der Waals surface area (Å²) in [4.78, 5) is 26.4. The molecule has 8 heteroatoms. The van der Waals surface area contributed by atoms with E-state index in [0.29, 0.717) is 19.0 Å². The molecule has 0 aromatic heterocycles. The van der Waals surface area contributed by atoms with Crippen LogP contribution in [-0.4, -0.2) is 58.1 Å². The second kappa shape index (κ2) is 10.4. The van der Waals surface area contributed by atoms with Crippen LogP contribution < -0.4 is 10.6 Å². The van der Waals surface area contributed by atoms with Gasteiger partial charge in [0.15, 0.2) is 0 Å². The molecule has 34 heavy (non-hydrogen) atoms. The Morgan fingerprint density at radius 3 is 2.21 bits per heavy atom. The first-order valence-corrected chi connectivity index (χ1v) is 12.3. The van der Waals surface area contributed by atoms with Gasteiger partial charge in [-0.2, -0.15) is 0 Å². The minimum absolute atomic E-state index is 0.117. The van der Waals surface area contributed by atoms with Gasteiger partial charge in [0.2, 0.25) is 0 Å². The molecular weight excluding hydrogens is 434 g/mol. The fourth-order valence-corrected chi connectivity index (χ4v) is 4.59. The molecule has 0 saturated heterocycles. The molecule has 190 valence electrons. The number of hydrogen-bond acceptors (Lipinski definition) is 6. The average Bonchev–Trinajstić information content (AvgIpc) is 2.72. The third-order valence-electron chi connectivity index (χ3n) is 6.14. The molecule has 3 rings (SSSR count). The highest BCUT2D eigenvalue weighted by Crippen LogP contribution is 2.32. The number of rotatable bonds is 4. The minimum Gasteiger partial charge on any atom is -0.444 e. The van der Waals surface area contributed by atoms with E-state index in [0.717, 1.165) is 42.5 Å². The van der Waals surface area contributed by atoms with E-state index in [1.807, 2.05) is 53.7 Å². The SMILES string of the molecule is CC(C)(C)OC(=O)N[C@H]1CC[C@H](Nc2cccc3c2C[C@H](CO)N(C(=O)OC(C)(C)C)C3)CC1. The molecule has 8 nitrogen and oxygen atoms in total. The van der Waals surface area contributed by atoms with Crippen molar-refractivity contribution in [2.75, 3.05) is 11.9 Å². The Morgan fingerprint density at radius 1 is 1.00 bits per heavy atom. The molecule has 1 saturated carbocycles. The van der Waals surface area contributed by atoms with Crippen LogP contribution in [0.3, 0.4) is 0 Å². The molecule has 3 N–H and O–H groups in total. The first-order valence-electron chi connectivity index (χ1n) is 12.3. The lowest BCUT2D eigenvalue weighted by Crippen LogP contribution is -2.48. The van der Waals surface area contributed by atoms with Gasteiger partial charge in [-0.3, -0.25) is 4.90 Å². The number of benzene rings is 1. The van der Waals surface area contributed by atoms with E-state index in [1.54, 1.807) is 4.90 Å². The summed E-state index contributed by atoms with van der Waals surface area (Å²) >= 11 is 0. The zero-order chi connectivity index (χ0) is 25.1. The molecule has 0 unspecified atom stereocenters. The quantitative estimate of drug-likeness (QED) is 0.589. The molecular formula is C26H41N3O5. The Balaban J connectivity index is 1.61. The third kappa shape index (κ3) is 7.26. The molecule has 1 fully saturated rings. The molecule has 0 bridgehead atoms. The summed E-state index contributed by atoms with van der Waals surface area (Å²) in [5, 5.41) is 16.7. The summed E-state index contributed by atoms with van der Waals surface area (Å²) in [6.07, 6.45) is 3.48. The summed E-state index contributed by atoms with van der Waals surface area (Å²) in [6.45, 7) is 11.4. The van der Waals surface area contributed by atoms with Gasteiger partial charge in [0, 0.05) is 24.3 Å². The maximum atomic E-state index is 12.7. The molecule has 2 amide bonds. The zero-order valence-corrected chi connectivity index (χ0v) is 21.4. The zero-order valence-electron chi connectivity index (χ0n) is 21.4. The number of aliphatic hydroxyl groups excluding tert-OH is 1. The van der Waals surface area contributed by atoms with E-state index >= 15 is 0 Å². The molecule has 1 aliphatic heterocycles. The molecule has 1 aromatic rings. The van der Waals surface area contributed by atoms with Crippen molar-refractivity contribution in [1.82, 2.24) is 10.2 Å². The number of carbonyl (C=O) groups is 2. The third-order valence-corrected chi connectivity index (χ3v) is 6.14. The number of aliphatic hydroxyl groups is 1. The summed E-state index contributed by atoms with van der Waals surface area (Å²) in [7, 11) is 0. The van der Waals surface area contributed by atoms with E-state index in [9.17, 15) is 14.7 Å². The topological polar surface area (TPSA) is 100 Å². The highest BCUT2D eigenvalue weighted by atomic mass is 16.6. The first kappa shape index (κ1) is 26.1. The Bertz CT molecular complexity index is 866. The fourth-order valence-electron chi connectivity index (χ4n) is 4.59. The molecule has 1 aromatic carbocycles. The van der Waals surface area contributed by atoms with Crippen LogP contribution >= 0.6 is 0 Å². The second-order valence-corrected chi connectivity index (χ2v) is 11.4. The Hall–Kier alpha value is -2.48. The van der Waals surface area contributed by atoms with Gasteiger partial charge in [0.1, 0.15) is 11.2 Å². The van der Waals surface area contributed by atoms with Crippen LogP contribution in [0.15, 0.2) is 18.2 Å². The first-order chi connectivity index (χ1) is 15.8. The van der Waals surface area contributed by atoms with Gasteiger partial charge < -0.3 is 25.2 Å². The van der Waals surface area contributed by atoms with Crippen LogP contribution in [0.5, 0.6) is 0 Å². The smallest absolute Gasteiger partial charge is 0.410 e. The highest BCUT2D eigenvalue weighted by molar-refractivity contribution is 5.70. The standard InChI is InChI=1S/C26H41N3O5/c1-25(2,3)33-23(31)28-19-12-10-18(11-13-19)27-22-9-7-8-17-15-29(20(16-30)14-21(17)22)24(32)34-26(4,5)6/h7-9,18-20,27,30H,10-16H2,1-6H3,(H,28,31)/t18-,19-,20-/m1/s1. The lowest BCUT2D eigenvalue weighted by molar-refractivity contribution is 0.00463. The van der Waals surface area contributed by atoms with Gasteiger partial charge in [0.25, 0.3) is 0 Å². The van der Waals surface area contributed by atoms with E-state index < -0.39 is 17.3 Å². The summed E-state index contributed by atoms with van der Waals surface area (Å²) < 4.78 is 10.9. The predicted octanol–water partition coefficient (Wildman–Crippen LogP) is 4.59. The molecule has 2 aliphatic rings. The molecule has 1 aliphatic carbocycles. The predicted molar refractivity (Wildman–Crippen MR) is 132 cm³/mol.